The number of hydrogen-bond donors (Lipinski definition) is 1. The van der Waals surface area contributed by atoms with Gasteiger partial charge in [-0.05, 0) is 22.3 Å². The zero-order valence-corrected chi connectivity index (χ0v) is 14.6. The molecule has 1 unspecified atom stereocenters. The number of nitrogens with one attached hydrogen (secondary N) is 1. The van der Waals surface area contributed by atoms with Crippen LogP contribution in [0.15, 0.2) is 48.5 Å². The first-order valence-electron chi connectivity index (χ1n) is 8.73. The molecule has 0 saturated heterocycles. The molecule has 4 nitrogen and oxygen atoms in total. The van der Waals surface area contributed by atoms with Crippen molar-refractivity contribution in [1.29, 1.82) is 0 Å². The SMILES string of the molecule is CCC(=O)C(C)CNC(=O)OCC1c2ccccc2-c2ccccc21. The standard InChI is InChI=1S/C21H23NO3/c1-3-20(23)14(2)12-22-21(24)25-13-19-17-10-6-4-8-15(17)16-9-5-7-11-18(16)19/h4-11,14,19H,3,12-13H2,1-2H3,(H,22,24). The molecule has 0 radical (unpaired) electrons. The van der Waals surface area contributed by atoms with Crippen molar-refractivity contribution in [2.24, 2.45) is 5.92 Å². The van der Waals surface area contributed by atoms with E-state index in [2.05, 4.69) is 29.6 Å². The van der Waals surface area contributed by atoms with E-state index in [4.69, 9.17) is 4.74 Å². The Morgan fingerprint density at radius 1 is 1.04 bits per heavy atom. The fourth-order valence-electron chi connectivity index (χ4n) is 3.35. The molecule has 1 amide bonds. The van der Waals surface area contributed by atoms with Crippen molar-refractivity contribution in [2.75, 3.05) is 13.2 Å². The summed E-state index contributed by atoms with van der Waals surface area (Å²) in [7, 11) is 0. The van der Waals surface area contributed by atoms with Crippen LogP contribution in [-0.2, 0) is 9.53 Å². The van der Waals surface area contributed by atoms with Crippen LogP contribution in [0.4, 0.5) is 4.79 Å². The molecule has 4 heteroatoms. The van der Waals surface area contributed by atoms with Crippen molar-refractivity contribution < 1.29 is 14.3 Å². The highest BCUT2D eigenvalue weighted by atomic mass is 16.5. The van der Waals surface area contributed by atoms with Crippen LogP contribution in [0, 0.1) is 5.92 Å². The molecule has 0 aromatic heterocycles. The van der Waals surface area contributed by atoms with Crippen molar-refractivity contribution in [2.45, 2.75) is 26.2 Å². The number of carbonyl (C=O) groups is 2. The summed E-state index contributed by atoms with van der Waals surface area (Å²) in [5, 5.41) is 2.69. The Morgan fingerprint density at radius 2 is 1.60 bits per heavy atom. The number of ketones is 1. The molecule has 0 saturated carbocycles. The molecule has 1 atom stereocenters. The molecule has 130 valence electrons. The van der Waals surface area contributed by atoms with Gasteiger partial charge in [-0.3, -0.25) is 4.79 Å². The summed E-state index contributed by atoms with van der Waals surface area (Å²) in [6, 6.07) is 16.5. The fourth-order valence-corrected chi connectivity index (χ4v) is 3.35. The Balaban J connectivity index is 1.64. The van der Waals surface area contributed by atoms with Crippen LogP contribution in [0.1, 0.15) is 37.3 Å². The van der Waals surface area contributed by atoms with Gasteiger partial charge in [0.2, 0.25) is 0 Å². The average molecular weight is 337 g/mol. The van der Waals surface area contributed by atoms with Crippen LogP contribution in [0.25, 0.3) is 11.1 Å². The third-order valence-corrected chi connectivity index (χ3v) is 4.79. The van der Waals surface area contributed by atoms with E-state index in [-0.39, 0.29) is 24.2 Å². The highest BCUT2D eigenvalue weighted by Gasteiger charge is 2.29. The number of carbonyl (C=O) groups excluding carboxylic acids is 2. The number of rotatable bonds is 6. The number of fused-ring (bicyclic) bond motifs is 3. The first kappa shape index (κ1) is 17.2. The summed E-state index contributed by atoms with van der Waals surface area (Å²) in [4.78, 5) is 23.6. The van der Waals surface area contributed by atoms with Gasteiger partial charge in [0.25, 0.3) is 0 Å². The Morgan fingerprint density at radius 3 is 2.16 bits per heavy atom. The van der Waals surface area contributed by atoms with Crippen molar-refractivity contribution in [3.05, 3.63) is 59.7 Å². The molecule has 0 heterocycles. The molecule has 0 fully saturated rings. The van der Waals surface area contributed by atoms with Crippen LogP contribution in [-0.4, -0.2) is 25.0 Å². The zero-order chi connectivity index (χ0) is 17.8. The molecule has 0 bridgehead atoms. The Hall–Kier alpha value is -2.62. The normalized spacial score (nSPS) is 13.7. The maximum absolute atomic E-state index is 12.0. The summed E-state index contributed by atoms with van der Waals surface area (Å²) < 4.78 is 5.44. The minimum atomic E-state index is -0.474. The molecule has 1 aliphatic carbocycles. The third kappa shape index (κ3) is 3.58. The molecular formula is C21H23NO3. The number of Topliss-reactive ketones (excluding diaryl/α,β-unsaturated/α-hetero) is 1. The number of amides is 1. The highest BCUT2D eigenvalue weighted by Crippen LogP contribution is 2.44. The Kier molecular flexibility index (Phi) is 5.17. The topological polar surface area (TPSA) is 55.4 Å². The molecule has 1 aliphatic rings. The largest absolute Gasteiger partial charge is 0.449 e. The van der Waals surface area contributed by atoms with Gasteiger partial charge in [-0.15, -0.1) is 0 Å². The van der Waals surface area contributed by atoms with Crippen molar-refractivity contribution in [3.8, 4) is 11.1 Å². The van der Waals surface area contributed by atoms with Crippen LogP contribution in [0.5, 0.6) is 0 Å². The van der Waals surface area contributed by atoms with E-state index in [0.29, 0.717) is 13.0 Å². The maximum atomic E-state index is 12.0. The Labute approximate surface area is 148 Å². The van der Waals surface area contributed by atoms with Crippen LogP contribution >= 0.6 is 0 Å². The molecule has 2 aromatic rings. The number of benzene rings is 2. The van der Waals surface area contributed by atoms with Crippen LogP contribution < -0.4 is 5.32 Å². The average Bonchev–Trinajstić information content (AvgIpc) is 2.97. The van der Waals surface area contributed by atoms with Gasteiger partial charge < -0.3 is 10.1 Å². The van der Waals surface area contributed by atoms with E-state index in [0.717, 1.165) is 0 Å². The molecular weight excluding hydrogens is 314 g/mol. The second-order valence-electron chi connectivity index (χ2n) is 6.43. The van der Waals surface area contributed by atoms with E-state index < -0.39 is 6.09 Å². The smallest absolute Gasteiger partial charge is 0.407 e. The van der Waals surface area contributed by atoms with Crippen molar-refractivity contribution >= 4 is 11.9 Å². The van der Waals surface area contributed by atoms with Crippen molar-refractivity contribution in [3.63, 3.8) is 0 Å². The van der Waals surface area contributed by atoms with E-state index >= 15 is 0 Å². The number of alkyl carbamates (subject to hydrolysis) is 1. The summed E-state index contributed by atoms with van der Waals surface area (Å²) in [6.45, 7) is 4.24. The lowest BCUT2D eigenvalue weighted by molar-refractivity contribution is -0.121. The van der Waals surface area contributed by atoms with Gasteiger partial charge in [-0.2, -0.15) is 0 Å². The fraction of sp³-hybridized carbons (Fsp3) is 0.333. The first-order valence-corrected chi connectivity index (χ1v) is 8.73. The predicted molar refractivity (Wildman–Crippen MR) is 97.5 cm³/mol. The molecule has 2 aromatic carbocycles. The zero-order valence-electron chi connectivity index (χ0n) is 14.6. The summed E-state index contributed by atoms with van der Waals surface area (Å²) in [6.07, 6.45) is 0.00527. The van der Waals surface area contributed by atoms with Crippen LogP contribution in [0.3, 0.4) is 0 Å². The molecule has 1 N–H and O–H groups in total. The summed E-state index contributed by atoms with van der Waals surface area (Å²) >= 11 is 0. The van der Waals surface area contributed by atoms with Gasteiger partial charge in [0.1, 0.15) is 12.4 Å². The minimum Gasteiger partial charge on any atom is -0.449 e. The lowest BCUT2D eigenvalue weighted by Gasteiger charge is -2.15. The van der Waals surface area contributed by atoms with E-state index in [1.807, 2.05) is 38.1 Å². The number of ether oxygens (including phenoxy) is 1. The summed E-state index contributed by atoms with van der Waals surface area (Å²) in [5.74, 6) is -0.00252. The summed E-state index contributed by atoms with van der Waals surface area (Å²) in [5.41, 5.74) is 4.78. The molecule has 0 spiro atoms. The lowest BCUT2D eigenvalue weighted by Crippen LogP contribution is -2.32. The van der Waals surface area contributed by atoms with E-state index in [1.54, 1.807) is 0 Å². The quantitative estimate of drug-likeness (QED) is 0.862. The van der Waals surface area contributed by atoms with E-state index in [1.165, 1.54) is 22.3 Å². The third-order valence-electron chi connectivity index (χ3n) is 4.79. The molecule has 3 rings (SSSR count). The van der Waals surface area contributed by atoms with Gasteiger partial charge in [-0.1, -0.05) is 62.4 Å². The van der Waals surface area contributed by atoms with Crippen molar-refractivity contribution in [1.82, 2.24) is 5.32 Å². The molecule has 0 aliphatic heterocycles. The van der Waals surface area contributed by atoms with Gasteiger partial charge in [0.15, 0.2) is 0 Å². The Bertz CT molecular complexity index is 739. The second kappa shape index (κ2) is 7.51. The molecule has 25 heavy (non-hydrogen) atoms. The first-order chi connectivity index (χ1) is 12.1. The highest BCUT2D eigenvalue weighted by molar-refractivity contribution is 5.81. The van der Waals surface area contributed by atoms with Gasteiger partial charge in [0.05, 0.1) is 0 Å². The van der Waals surface area contributed by atoms with Crippen LogP contribution in [0.2, 0.25) is 0 Å². The number of hydrogen-bond acceptors (Lipinski definition) is 3. The van der Waals surface area contributed by atoms with Gasteiger partial charge in [-0.25, -0.2) is 4.79 Å². The van der Waals surface area contributed by atoms with Gasteiger partial charge >= 0.3 is 6.09 Å². The second-order valence-corrected chi connectivity index (χ2v) is 6.43. The predicted octanol–water partition coefficient (Wildman–Crippen LogP) is 4.14. The minimum absolute atomic E-state index is 0.0489. The lowest BCUT2D eigenvalue weighted by atomic mass is 9.98. The van der Waals surface area contributed by atoms with Gasteiger partial charge in [0, 0.05) is 24.8 Å². The van der Waals surface area contributed by atoms with E-state index in [9.17, 15) is 9.59 Å². The monoisotopic (exact) mass is 337 g/mol. The maximum Gasteiger partial charge on any atom is 0.407 e.